The molecule has 1 nitrogen and oxygen atoms in total. The minimum atomic E-state index is -4.42. The van der Waals surface area contributed by atoms with Crippen LogP contribution in [0.5, 0.6) is 0 Å². The lowest BCUT2D eigenvalue weighted by Crippen LogP contribution is -2.19. The van der Waals surface area contributed by atoms with Gasteiger partial charge in [-0.2, -0.15) is 13.2 Å². The molecule has 1 unspecified atom stereocenters. The van der Waals surface area contributed by atoms with Crippen LogP contribution < -0.4 is 5.73 Å². The number of nitrogens with two attached hydrogens (primary N) is 1. The first kappa shape index (κ1) is 16.5. The zero-order chi connectivity index (χ0) is 15.6. The van der Waals surface area contributed by atoms with E-state index in [1.165, 1.54) is 6.07 Å². The highest BCUT2D eigenvalue weighted by atomic mass is 79.9. The molecule has 0 aliphatic heterocycles. The van der Waals surface area contributed by atoms with Crippen LogP contribution in [0.1, 0.15) is 22.7 Å². The number of alkyl halides is 3. The Morgan fingerprint density at radius 1 is 1.00 bits per heavy atom. The molecule has 0 aromatic heterocycles. The molecule has 2 N–H and O–H groups in total. The largest absolute Gasteiger partial charge is 0.416 e. The fourth-order valence-corrected chi connectivity index (χ4v) is 2.93. The van der Waals surface area contributed by atoms with Crippen molar-refractivity contribution in [1.29, 1.82) is 0 Å². The van der Waals surface area contributed by atoms with Gasteiger partial charge < -0.3 is 5.73 Å². The molecule has 2 aromatic carbocycles. The molecular formula is C15H12Br2F3N. The molecular weight excluding hydrogens is 411 g/mol. The maximum Gasteiger partial charge on any atom is 0.416 e. The number of hydrogen-bond acceptors (Lipinski definition) is 1. The molecule has 0 aliphatic rings. The number of benzene rings is 2. The SMILES string of the molecule is NC(Cc1cccc(Br)c1)c1ccc(Br)cc1C(F)(F)F. The Kier molecular flexibility index (Phi) is 5.11. The molecule has 0 heterocycles. The summed E-state index contributed by atoms with van der Waals surface area (Å²) < 4.78 is 40.6. The van der Waals surface area contributed by atoms with Crippen molar-refractivity contribution in [3.8, 4) is 0 Å². The van der Waals surface area contributed by atoms with Gasteiger partial charge in [-0.15, -0.1) is 0 Å². The van der Waals surface area contributed by atoms with Crippen molar-refractivity contribution in [3.05, 3.63) is 68.1 Å². The van der Waals surface area contributed by atoms with Gasteiger partial charge in [0.05, 0.1) is 5.56 Å². The highest BCUT2D eigenvalue weighted by Gasteiger charge is 2.34. The summed E-state index contributed by atoms with van der Waals surface area (Å²) in [5, 5.41) is 0. The highest BCUT2D eigenvalue weighted by Crippen LogP contribution is 2.36. The minimum absolute atomic E-state index is 0.102. The van der Waals surface area contributed by atoms with E-state index in [0.717, 1.165) is 16.1 Å². The lowest BCUT2D eigenvalue weighted by Gasteiger charge is -2.19. The summed E-state index contributed by atoms with van der Waals surface area (Å²) in [5.74, 6) is 0. The fraction of sp³-hybridized carbons (Fsp3) is 0.200. The standard InChI is InChI=1S/C15H12Br2F3N/c16-10-3-1-2-9(6-10)7-14(21)12-5-4-11(17)8-13(12)15(18,19)20/h1-6,8,14H,7,21H2. The van der Waals surface area contributed by atoms with Gasteiger partial charge in [-0.05, 0) is 41.8 Å². The number of rotatable bonds is 3. The zero-order valence-electron chi connectivity index (χ0n) is 10.8. The molecule has 0 spiro atoms. The fourth-order valence-electron chi connectivity index (χ4n) is 2.13. The number of hydrogen-bond donors (Lipinski definition) is 1. The third-order valence-corrected chi connectivity index (χ3v) is 4.05. The van der Waals surface area contributed by atoms with Gasteiger partial charge >= 0.3 is 6.18 Å². The van der Waals surface area contributed by atoms with Gasteiger partial charge in [0.15, 0.2) is 0 Å². The van der Waals surface area contributed by atoms with Crippen LogP contribution in [0, 0.1) is 0 Å². The van der Waals surface area contributed by atoms with E-state index in [9.17, 15) is 13.2 Å². The van der Waals surface area contributed by atoms with E-state index in [1.54, 1.807) is 6.07 Å². The third-order valence-electron chi connectivity index (χ3n) is 3.06. The maximum atomic E-state index is 13.1. The lowest BCUT2D eigenvalue weighted by atomic mass is 9.95. The van der Waals surface area contributed by atoms with Crippen molar-refractivity contribution < 1.29 is 13.2 Å². The van der Waals surface area contributed by atoms with Gasteiger partial charge in [-0.3, -0.25) is 0 Å². The van der Waals surface area contributed by atoms with Crippen LogP contribution in [0.15, 0.2) is 51.4 Å². The van der Waals surface area contributed by atoms with E-state index in [2.05, 4.69) is 31.9 Å². The van der Waals surface area contributed by atoms with Crippen molar-refractivity contribution in [1.82, 2.24) is 0 Å². The molecule has 0 saturated carbocycles. The maximum absolute atomic E-state index is 13.1. The average molecular weight is 423 g/mol. The van der Waals surface area contributed by atoms with E-state index < -0.39 is 17.8 Å². The smallest absolute Gasteiger partial charge is 0.324 e. The van der Waals surface area contributed by atoms with E-state index >= 15 is 0 Å². The zero-order valence-corrected chi connectivity index (χ0v) is 14.0. The van der Waals surface area contributed by atoms with Gasteiger partial charge in [0, 0.05) is 15.0 Å². The summed E-state index contributed by atoms with van der Waals surface area (Å²) in [4.78, 5) is 0. The summed E-state index contributed by atoms with van der Waals surface area (Å²) in [6, 6.07) is 10.7. The van der Waals surface area contributed by atoms with E-state index in [-0.39, 0.29) is 5.56 Å². The van der Waals surface area contributed by atoms with E-state index in [0.29, 0.717) is 10.9 Å². The molecule has 0 bridgehead atoms. The van der Waals surface area contributed by atoms with Gasteiger partial charge in [0.1, 0.15) is 0 Å². The Hall–Kier alpha value is -0.850. The minimum Gasteiger partial charge on any atom is -0.324 e. The van der Waals surface area contributed by atoms with Crippen LogP contribution in [0.3, 0.4) is 0 Å². The normalized spacial score (nSPS) is 13.2. The summed E-state index contributed by atoms with van der Waals surface area (Å²) in [6.07, 6.45) is -4.09. The van der Waals surface area contributed by atoms with Crippen LogP contribution in [0.25, 0.3) is 0 Å². The van der Waals surface area contributed by atoms with Gasteiger partial charge in [0.25, 0.3) is 0 Å². The molecule has 0 saturated heterocycles. The van der Waals surface area contributed by atoms with Gasteiger partial charge in [-0.1, -0.05) is 50.1 Å². The Morgan fingerprint density at radius 3 is 2.29 bits per heavy atom. The Bertz CT molecular complexity index is 641. The molecule has 2 rings (SSSR count). The molecule has 0 radical (unpaired) electrons. The van der Waals surface area contributed by atoms with Crippen LogP contribution in [-0.2, 0) is 12.6 Å². The molecule has 0 fully saturated rings. The molecule has 6 heteroatoms. The lowest BCUT2D eigenvalue weighted by molar-refractivity contribution is -0.138. The second-order valence-electron chi connectivity index (χ2n) is 4.67. The summed E-state index contributed by atoms with van der Waals surface area (Å²) >= 11 is 6.40. The van der Waals surface area contributed by atoms with Crippen molar-refractivity contribution in [2.45, 2.75) is 18.6 Å². The summed E-state index contributed by atoms with van der Waals surface area (Å²) in [5.41, 5.74) is 6.28. The predicted octanol–water partition coefficient (Wildman–Crippen LogP) is 5.47. The molecule has 1 atom stereocenters. The van der Waals surface area contributed by atoms with E-state index in [1.807, 2.05) is 24.3 Å². The quantitative estimate of drug-likeness (QED) is 0.696. The third kappa shape index (κ3) is 4.31. The molecule has 0 aliphatic carbocycles. The first-order valence-corrected chi connectivity index (χ1v) is 7.72. The molecule has 112 valence electrons. The highest BCUT2D eigenvalue weighted by molar-refractivity contribution is 9.10. The average Bonchev–Trinajstić information content (AvgIpc) is 2.37. The second kappa shape index (κ2) is 6.50. The molecule has 2 aromatic rings. The van der Waals surface area contributed by atoms with Crippen molar-refractivity contribution in [2.75, 3.05) is 0 Å². The van der Waals surface area contributed by atoms with Gasteiger partial charge in [-0.25, -0.2) is 0 Å². The summed E-state index contributed by atoms with van der Waals surface area (Å²) in [7, 11) is 0. The van der Waals surface area contributed by atoms with Crippen molar-refractivity contribution in [2.24, 2.45) is 5.73 Å². The van der Waals surface area contributed by atoms with Crippen LogP contribution >= 0.6 is 31.9 Å². The monoisotopic (exact) mass is 421 g/mol. The Morgan fingerprint density at radius 2 is 1.67 bits per heavy atom. The molecule has 0 amide bonds. The number of halogens is 5. The second-order valence-corrected chi connectivity index (χ2v) is 6.50. The van der Waals surface area contributed by atoms with Crippen LogP contribution in [0.4, 0.5) is 13.2 Å². The van der Waals surface area contributed by atoms with Crippen molar-refractivity contribution in [3.63, 3.8) is 0 Å². The van der Waals surface area contributed by atoms with Crippen molar-refractivity contribution >= 4 is 31.9 Å². The topological polar surface area (TPSA) is 26.0 Å². The van der Waals surface area contributed by atoms with Gasteiger partial charge in [0.2, 0.25) is 0 Å². The Labute approximate surface area is 137 Å². The van der Waals surface area contributed by atoms with Crippen LogP contribution in [0.2, 0.25) is 0 Å². The van der Waals surface area contributed by atoms with E-state index in [4.69, 9.17) is 5.73 Å². The van der Waals surface area contributed by atoms with Crippen LogP contribution in [-0.4, -0.2) is 0 Å². The summed E-state index contributed by atoms with van der Waals surface area (Å²) in [6.45, 7) is 0. The first-order valence-electron chi connectivity index (χ1n) is 6.14. The Balaban J connectivity index is 2.33. The predicted molar refractivity (Wildman–Crippen MR) is 83.9 cm³/mol. The molecule has 21 heavy (non-hydrogen) atoms. The first-order chi connectivity index (χ1) is 9.77.